The highest BCUT2D eigenvalue weighted by Crippen LogP contribution is 2.26. The highest BCUT2D eigenvalue weighted by atomic mass is 35.5. The van der Waals surface area contributed by atoms with Crippen molar-refractivity contribution < 1.29 is 9.59 Å². The van der Waals surface area contributed by atoms with E-state index in [0.29, 0.717) is 21.5 Å². The summed E-state index contributed by atoms with van der Waals surface area (Å²) >= 11 is 7.10. The van der Waals surface area contributed by atoms with Gasteiger partial charge in [0, 0.05) is 23.8 Å². The first-order valence-corrected chi connectivity index (χ1v) is 6.60. The summed E-state index contributed by atoms with van der Waals surface area (Å²) in [6.07, 6.45) is 1.42. The number of nitrogens with zero attached hydrogens (tertiary/aromatic N) is 1. The van der Waals surface area contributed by atoms with Gasteiger partial charge in [0.1, 0.15) is 0 Å². The molecule has 0 aliphatic carbocycles. The normalized spacial score (nSPS) is 17.3. The molecule has 0 aromatic heterocycles. The van der Waals surface area contributed by atoms with Crippen LogP contribution in [0, 0.1) is 0 Å². The van der Waals surface area contributed by atoms with Crippen molar-refractivity contribution in [2.45, 2.75) is 0 Å². The number of carbonyl (C=O) groups excluding carboxylic acids is 2. The molecule has 0 radical (unpaired) electrons. The monoisotopic (exact) mass is 282 g/mol. The number of rotatable bonds is 2. The van der Waals surface area contributed by atoms with E-state index in [-0.39, 0.29) is 11.8 Å². The van der Waals surface area contributed by atoms with Crippen LogP contribution in [0.1, 0.15) is 0 Å². The topological polar surface area (TPSA) is 49.4 Å². The molecule has 1 saturated heterocycles. The van der Waals surface area contributed by atoms with Crippen molar-refractivity contribution in [3.63, 3.8) is 0 Å². The van der Waals surface area contributed by atoms with E-state index < -0.39 is 0 Å². The maximum atomic E-state index is 11.7. The van der Waals surface area contributed by atoms with Crippen LogP contribution >= 0.6 is 23.4 Å². The molecule has 1 aliphatic rings. The predicted octanol–water partition coefficient (Wildman–Crippen LogP) is 2.33. The van der Waals surface area contributed by atoms with Crippen LogP contribution in [0.5, 0.6) is 0 Å². The van der Waals surface area contributed by atoms with E-state index in [0.717, 1.165) is 0 Å². The van der Waals surface area contributed by atoms with E-state index in [4.69, 9.17) is 11.6 Å². The lowest BCUT2D eigenvalue weighted by atomic mass is 10.3. The van der Waals surface area contributed by atoms with Gasteiger partial charge in [-0.3, -0.25) is 9.59 Å². The quantitative estimate of drug-likeness (QED) is 0.847. The molecule has 1 N–H and O–H groups in total. The Morgan fingerprint density at radius 3 is 2.67 bits per heavy atom. The lowest BCUT2D eigenvalue weighted by molar-refractivity contribution is -0.124. The van der Waals surface area contributed by atoms with Crippen molar-refractivity contribution in [1.29, 1.82) is 0 Å². The molecule has 0 bridgehead atoms. The van der Waals surface area contributed by atoms with Crippen LogP contribution in [0.2, 0.25) is 5.02 Å². The minimum Gasteiger partial charge on any atom is -0.322 e. The Hall–Kier alpha value is -1.46. The Morgan fingerprint density at radius 1 is 1.44 bits per heavy atom. The molecular formula is C12H11ClN2O2S. The third-order valence-corrected chi connectivity index (χ3v) is 3.75. The molecule has 94 valence electrons. The smallest absolute Gasteiger partial charge is 0.251 e. The number of thioether (sulfide) groups is 1. The second kappa shape index (κ2) is 5.46. The van der Waals surface area contributed by atoms with Gasteiger partial charge in [0.25, 0.3) is 5.91 Å². The van der Waals surface area contributed by atoms with Crippen LogP contribution in [0.3, 0.4) is 0 Å². The zero-order chi connectivity index (χ0) is 13.1. The Bertz CT molecular complexity index is 513. The van der Waals surface area contributed by atoms with E-state index in [2.05, 4.69) is 5.32 Å². The van der Waals surface area contributed by atoms with Gasteiger partial charge >= 0.3 is 0 Å². The highest BCUT2D eigenvalue weighted by Gasteiger charge is 2.23. The summed E-state index contributed by atoms with van der Waals surface area (Å²) in [5, 5.41) is 3.98. The van der Waals surface area contributed by atoms with Gasteiger partial charge in [-0.25, -0.2) is 0 Å². The Balaban J connectivity index is 2.03. The number of amides is 2. The van der Waals surface area contributed by atoms with E-state index in [9.17, 15) is 9.59 Å². The fourth-order valence-corrected chi connectivity index (χ4v) is 2.49. The molecule has 2 amide bonds. The molecule has 1 fully saturated rings. The van der Waals surface area contributed by atoms with Gasteiger partial charge in [0.15, 0.2) is 0 Å². The zero-order valence-corrected chi connectivity index (χ0v) is 11.2. The first-order valence-electron chi connectivity index (χ1n) is 5.24. The SMILES string of the molecule is CN1C(=O)CSC1=CC(=O)Nc1ccc(Cl)cc1. The summed E-state index contributed by atoms with van der Waals surface area (Å²) in [5.74, 6) is 0.128. The molecule has 0 atom stereocenters. The lowest BCUT2D eigenvalue weighted by Gasteiger charge is -2.09. The average molecular weight is 283 g/mol. The van der Waals surface area contributed by atoms with Crippen LogP contribution in [-0.4, -0.2) is 29.5 Å². The highest BCUT2D eigenvalue weighted by molar-refractivity contribution is 8.04. The van der Waals surface area contributed by atoms with E-state index in [1.807, 2.05) is 0 Å². The van der Waals surface area contributed by atoms with Crippen molar-refractivity contribution >= 4 is 40.9 Å². The number of hydrogen-bond acceptors (Lipinski definition) is 3. The summed E-state index contributed by atoms with van der Waals surface area (Å²) in [7, 11) is 1.66. The molecule has 18 heavy (non-hydrogen) atoms. The fourth-order valence-electron chi connectivity index (χ4n) is 1.41. The van der Waals surface area contributed by atoms with Crippen molar-refractivity contribution in [3.05, 3.63) is 40.4 Å². The standard InChI is InChI=1S/C12H11ClN2O2S/c1-15-11(17)7-18-12(15)6-10(16)14-9-4-2-8(13)3-5-9/h2-6H,7H2,1H3,(H,14,16). The van der Waals surface area contributed by atoms with E-state index >= 15 is 0 Å². The van der Waals surface area contributed by atoms with Gasteiger partial charge in [-0.2, -0.15) is 0 Å². The summed E-state index contributed by atoms with van der Waals surface area (Å²) < 4.78 is 0. The molecule has 1 aliphatic heterocycles. The molecule has 1 aromatic rings. The number of anilines is 1. The molecular weight excluding hydrogens is 272 g/mol. The molecule has 0 spiro atoms. The second-order valence-electron chi connectivity index (χ2n) is 3.72. The van der Waals surface area contributed by atoms with Gasteiger partial charge in [0.2, 0.25) is 5.91 Å². The van der Waals surface area contributed by atoms with Crippen LogP contribution in [0.15, 0.2) is 35.4 Å². The van der Waals surface area contributed by atoms with Crippen molar-refractivity contribution in [2.75, 3.05) is 18.1 Å². The van der Waals surface area contributed by atoms with Gasteiger partial charge in [-0.05, 0) is 24.3 Å². The van der Waals surface area contributed by atoms with E-state index in [1.54, 1.807) is 31.3 Å². The molecule has 0 unspecified atom stereocenters. The Labute approximate surface area is 114 Å². The largest absolute Gasteiger partial charge is 0.322 e. The first-order chi connectivity index (χ1) is 8.56. The maximum Gasteiger partial charge on any atom is 0.251 e. The van der Waals surface area contributed by atoms with Crippen molar-refractivity contribution in [3.8, 4) is 0 Å². The third-order valence-electron chi connectivity index (χ3n) is 2.41. The second-order valence-corrected chi connectivity index (χ2v) is 5.15. The first kappa shape index (κ1) is 13.0. The average Bonchev–Trinajstić information content (AvgIpc) is 2.64. The van der Waals surface area contributed by atoms with Crippen molar-refractivity contribution in [2.24, 2.45) is 0 Å². The zero-order valence-electron chi connectivity index (χ0n) is 9.64. The molecule has 6 heteroatoms. The van der Waals surface area contributed by atoms with Gasteiger partial charge < -0.3 is 10.2 Å². The lowest BCUT2D eigenvalue weighted by Crippen LogP contribution is -2.20. The maximum absolute atomic E-state index is 11.7. The minimum absolute atomic E-state index is 0.00513. The number of carbonyl (C=O) groups is 2. The number of nitrogens with one attached hydrogen (secondary N) is 1. The summed E-state index contributed by atoms with van der Waals surface area (Å²) in [5.41, 5.74) is 0.665. The van der Waals surface area contributed by atoms with Crippen LogP contribution in [0.25, 0.3) is 0 Å². The third kappa shape index (κ3) is 3.05. The predicted molar refractivity (Wildman–Crippen MR) is 73.4 cm³/mol. The van der Waals surface area contributed by atoms with Crippen LogP contribution in [0.4, 0.5) is 5.69 Å². The Morgan fingerprint density at radius 2 is 2.11 bits per heavy atom. The summed E-state index contributed by atoms with van der Waals surface area (Å²) in [6.45, 7) is 0. The minimum atomic E-state index is -0.263. The fraction of sp³-hybridized carbons (Fsp3) is 0.167. The van der Waals surface area contributed by atoms with Gasteiger partial charge in [-0.1, -0.05) is 23.4 Å². The summed E-state index contributed by atoms with van der Waals surface area (Å²) in [6, 6.07) is 6.83. The van der Waals surface area contributed by atoms with Gasteiger partial charge in [0.05, 0.1) is 10.8 Å². The van der Waals surface area contributed by atoms with Gasteiger partial charge in [-0.15, -0.1) is 0 Å². The van der Waals surface area contributed by atoms with E-state index in [1.165, 1.54) is 22.7 Å². The molecule has 1 heterocycles. The number of hydrogen-bond donors (Lipinski definition) is 1. The molecule has 2 rings (SSSR count). The number of benzene rings is 1. The number of halogens is 1. The molecule has 1 aromatic carbocycles. The Kier molecular flexibility index (Phi) is 3.93. The van der Waals surface area contributed by atoms with Crippen molar-refractivity contribution in [1.82, 2.24) is 4.90 Å². The van der Waals surface area contributed by atoms with Crippen LogP contribution < -0.4 is 5.32 Å². The molecule has 0 saturated carbocycles. The molecule has 4 nitrogen and oxygen atoms in total. The summed E-state index contributed by atoms with van der Waals surface area (Å²) in [4.78, 5) is 24.5. The van der Waals surface area contributed by atoms with Crippen LogP contribution in [-0.2, 0) is 9.59 Å².